The van der Waals surface area contributed by atoms with Crippen molar-refractivity contribution in [3.8, 4) is 28.4 Å². The lowest BCUT2D eigenvalue weighted by Crippen LogP contribution is -2.04. The minimum atomic E-state index is 0.0253. The molecule has 2 aromatic carbocycles. The molecule has 5 nitrogen and oxygen atoms in total. The van der Waals surface area contributed by atoms with E-state index < -0.39 is 0 Å². The Hall–Kier alpha value is -2.86. The summed E-state index contributed by atoms with van der Waals surface area (Å²) in [4.78, 5) is 4.41. The van der Waals surface area contributed by atoms with Crippen LogP contribution in [0.3, 0.4) is 0 Å². The zero-order valence-corrected chi connectivity index (χ0v) is 18.1. The highest BCUT2D eigenvalue weighted by molar-refractivity contribution is 7.80. The normalized spacial score (nSPS) is 13.7. The van der Waals surface area contributed by atoms with Crippen molar-refractivity contribution in [2.45, 2.75) is 44.2 Å². The molecule has 0 saturated heterocycles. The summed E-state index contributed by atoms with van der Waals surface area (Å²) in [7, 11) is 2.15. The van der Waals surface area contributed by atoms with E-state index in [0.29, 0.717) is 17.1 Å². The highest BCUT2D eigenvalue weighted by Crippen LogP contribution is 2.38. The van der Waals surface area contributed by atoms with Crippen LogP contribution < -0.4 is 0 Å². The Balaban J connectivity index is 1.72. The number of benzene rings is 2. The van der Waals surface area contributed by atoms with Crippen molar-refractivity contribution in [1.82, 2.24) is 14.1 Å². The molecule has 1 aliphatic rings. The number of aromatic nitrogens is 3. The standard InChI is InChI=1S/C24H25N3O2S/c1-3-14-10-18(23(29)12-22(14)28)21-13-25-24(30)27(21)15-8-9-20-17(11-15)16-6-4-5-7-19(16)26(20)2/h8-13,28-29H,3-7H2,1-2H3,(H,25,30). The van der Waals surface area contributed by atoms with Gasteiger partial charge in [0, 0.05) is 41.0 Å². The van der Waals surface area contributed by atoms with Gasteiger partial charge in [0.25, 0.3) is 0 Å². The summed E-state index contributed by atoms with van der Waals surface area (Å²) in [5, 5.41) is 22.5. The number of thiol groups is 1. The fourth-order valence-electron chi connectivity index (χ4n) is 4.79. The SMILES string of the molecule is CCc1cc(-c2cnc(S)n2-c2ccc3c(c2)c2c(n3C)CCCC2)c(O)cc1O. The topological polar surface area (TPSA) is 63.2 Å². The number of aryl methyl sites for hydroxylation is 3. The molecule has 5 rings (SSSR count). The molecule has 0 bridgehead atoms. The number of nitrogens with zero attached hydrogens (tertiary/aromatic N) is 3. The van der Waals surface area contributed by atoms with Gasteiger partial charge in [0.05, 0.1) is 11.9 Å². The summed E-state index contributed by atoms with van der Waals surface area (Å²) in [5.41, 5.74) is 7.25. The van der Waals surface area contributed by atoms with Gasteiger partial charge in [0.15, 0.2) is 5.16 Å². The molecule has 2 heterocycles. The largest absolute Gasteiger partial charge is 0.508 e. The van der Waals surface area contributed by atoms with Crippen LogP contribution in [0.4, 0.5) is 0 Å². The van der Waals surface area contributed by atoms with Crippen LogP contribution in [0.15, 0.2) is 41.7 Å². The molecule has 0 aliphatic heterocycles. The van der Waals surface area contributed by atoms with Gasteiger partial charge in [-0.25, -0.2) is 4.98 Å². The first-order chi connectivity index (χ1) is 14.5. The molecule has 0 unspecified atom stereocenters. The lowest BCUT2D eigenvalue weighted by atomic mass is 9.95. The van der Waals surface area contributed by atoms with Crippen molar-refractivity contribution >= 4 is 23.5 Å². The molecular weight excluding hydrogens is 394 g/mol. The summed E-state index contributed by atoms with van der Waals surface area (Å²) in [6.45, 7) is 1.98. The lowest BCUT2D eigenvalue weighted by Gasteiger charge is -2.14. The number of phenolic OH excluding ortho intramolecular Hbond substituents is 2. The van der Waals surface area contributed by atoms with Crippen LogP contribution in [0, 0.1) is 0 Å². The van der Waals surface area contributed by atoms with E-state index in [4.69, 9.17) is 0 Å². The molecule has 154 valence electrons. The quantitative estimate of drug-likeness (QED) is 0.401. The first-order valence-corrected chi connectivity index (χ1v) is 10.9. The molecule has 6 heteroatoms. The van der Waals surface area contributed by atoms with Crippen LogP contribution in [0.5, 0.6) is 11.5 Å². The molecule has 0 amide bonds. The average Bonchev–Trinajstić information content (AvgIpc) is 3.26. The van der Waals surface area contributed by atoms with E-state index in [-0.39, 0.29) is 11.5 Å². The van der Waals surface area contributed by atoms with Crippen LogP contribution in [0.2, 0.25) is 0 Å². The van der Waals surface area contributed by atoms with Crippen molar-refractivity contribution in [3.05, 3.63) is 53.3 Å². The second-order valence-corrected chi connectivity index (χ2v) is 8.42. The highest BCUT2D eigenvalue weighted by Gasteiger charge is 2.21. The molecule has 2 N–H and O–H groups in total. The summed E-state index contributed by atoms with van der Waals surface area (Å²) in [6.07, 6.45) is 7.11. The van der Waals surface area contributed by atoms with Crippen molar-refractivity contribution in [1.29, 1.82) is 0 Å². The van der Waals surface area contributed by atoms with Crippen molar-refractivity contribution in [2.75, 3.05) is 0 Å². The molecule has 0 fully saturated rings. The minimum Gasteiger partial charge on any atom is -0.508 e. The van der Waals surface area contributed by atoms with Crippen molar-refractivity contribution < 1.29 is 10.2 Å². The van der Waals surface area contributed by atoms with E-state index in [9.17, 15) is 10.2 Å². The van der Waals surface area contributed by atoms with E-state index in [1.165, 1.54) is 41.1 Å². The van der Waals surface area contributed by atoms with Gasteiger partial charge in [-0.1, -0.05) is 6.92 Å². The monoisotopic (exact) mass is 419 g/mol. The highest BCUT2D eigenvalue weighted by atomic mass is 32.1. The number of rotatable bonds is 3. The Kier molecular flexibility index (Phi) is 4.54. The zero-order chi connectivity index (χ0) is 21.0. The Bertz CT molecular complexity index is 1290. The number of hydrogen-bond donors (Lipinski definition) is 3. The van der Waals surface area contributed by atoms with Gasteiger partial charge in [0.1, 0.15) is 11.5 Å². The fraction of sp³-hybridized carbons (Fsp3) is 0.292. The fourth-order valence-corrected chi connectivity index (χ4v) is 5.07. The van der Waals surface area contributed by atoms with Crippen LogP contribution in [-0.2, 0) is 26.3 Å². The van der Waals surface area contributed by atoms with Gasteiger partial charge in [-0.2, -0.15) is 0 Å². The number of fused-ring (bicyclic) bond motifs is 3. The molecule has 4 aromatic rings. The summed E-state index contributed by atoms with van der Waals surface area (Å²) in [5.74, 6) is 0.130. The molecule has 2 aromatic heterocycles. The van der Waals surface area contributed by atoms with E-state index in [2.05, 4.69) is 47.4 Å². The smallest absolute Gasteiger partial charge is 0.169 e. The zero-order valence-electron chi connectivity index (χ0n) is 17.2. The average molecular weight is 420 g/mol. The van der Waals surface area contributed by atoms with Gasteiger partial charge < -0.3 is 14.8 Å². The number of phenols is 2. The molecule has 0 radical (unpaired) electrons. The predicted molar refractivity (Wildman–Crippen MR) is 122 cm³/mol. The van der Waals surface area contributed by atoms with Gasteiger partial charge in [-0.3, -0.25) is 4.57 Å². The third kappa shape index (κ3) is 2.82. The number of imidazole rings is 1. The molecular formula is C24H25N3O2S. The lowest BCUT2D eigenvalue weighted by molar-refractivity contribution is 0.447. The van der Waals surface area contributed by atoms with E-state index in [0.717, 1.165) is 29.8 Å². The maximum atomic E-state index is 10.5. The van der Waals surface area contributed by atoms with Gasteiger partial charge in [0.2, 0.25) is 0 Å². The van der Waals surface area contributed by atoms with Crippen molar-refractivity contribution in [3.63, 3.8) is 0 Å². The summed E-state index contributed by atoms with van der Waals surface area (Å²) in [6, 6.07) is 9.68. The Morgan fingerprint density at radius 2 is 1.87 bits per heavy atom. The summed E-state index contributed by atoms with van der Waals surface area (Å²) >= 11 is 4.60. The minimum absolute atomic E-state index is 0.0253. The maximum absolute atomic E-state index is 10.5. The number of hydrogen-bond acceptors (Lipinski definition) is 4. The van der Waals surface area contributed by atoms with Gasteiger partial charge in [-0.05, 0) is 67.5 Å². The van der Waals surface area contributed by atoms with Crippen molar-refractivity contribution in [2.24, 2.45) is 7.05 Å². The molecule has 30 heavy (non-hydrogen) atoms. The first kappa shape index (κ1) is 19.1. The van der Waals surface area contributed by atoms with Crippen LogP contribution >= 0.6 is 12.6 Å². The summed E-state index contributed by atoms with van der Waals surface area (Å²) < 4.78 is 4.28. The second kappa shape index (κ2) is 7.13. The predicted octanol–water partition coefficient (Wildman–Crippen LogP) is 5.17. The first-order valence-electron chi connectivity index (χ1n) is 10.4. The van der Waals surface area contributed by atoms with Gasteiger partial charge in [-0.15, -0.1) is 12.6 Å². The third-order valence-electron chi connectivity index (χ3n) is 6.37. The van der Waals surface area contributed by atoms with Crippen LogP contribution in [-0.4, -0.2) is 24.3 Å². The second-order valence-electron chi connectivity index (χ2n) is 8.02. The van der Waals surface area contributed by atoms with E-state index in [1.807, 2.05) is 17.6 Å². The Morgan fingerprint density at radius 3 is 2.67 bits per heavy atom. The van der Waals surface area contributed by atoms with Crippen LogP contribution in [0.25, 0.3) is 27.8 Å². The Morgan fingerprint density at radius 1 is 1.07 bits per heavy atom. The Labute approximate surface area is 181 Å². The van der Waals surface area contributed by atoms with Gasteiger partial charge >= 0.3 is 0 Å². The molecule has 0 saturated carbocycles. The van der Waals surface area contributed by atoms with Crippen LogP contribution in [0.1, 0.15) is 36.6 Å². The molecule has 0 atom stereocenters. The maximum Gasteiger partial charge on any atom is 0.169 e. The number of aromatic hydroxyl groups is 2. The third-order valence-corrected chi connectivity index (χ3v) is 6.68. The molecule has 0 spiro atoms. The van der Waals surface area contributed by atoms with E-state index in [1.54, 1.807) is 6.20 Å². The molecule has 1 aliphatic carbocycles. The van der Waals surface area contributed by atoms with E-state index >= 15 is 0 Å².